The van der Waals surface area contributed by atoms with Crippen LogP contribution in [0.2, 0.25) is 0 Å². The Balaban J connectivity index is 1.16. The minimum absolute atomic E-state index is 0.111. The third kappa shape index (κ3) is 4.13. The molecule has 0 saturated carbocycles. The van der Waals surface area contributed by atoms with E-state index in [-0.39, 0.29) is 17.6 Å². The van der Waals surface area contributed by atoms with Crippen LogP contribution in [0.4, 0.5) is 5.69 Å². The molecule has 2 aromatic carbocycles. The Bertz CT molecular complexity index is 1090. The molecule has 1 saturated heterocycles. The number of hydrogen-bond acceptors (Lipinski definition) is 4. The highest BCUT2D eigenvalue weighted by molar-refractivity contribution is 5.95. The second-order valence-electron chi connectivity index (χ2n) is 8.47. The molecule has 2 aliphatic rings. The molecule has 2 amide bonds. The van der Waals surface area contributed by atoms with Crippen LogP contribution in [-0.2, 0) is 24.3 Å². The van der Waals surface area contributed by atoms with Gasteiger partial charge < -0.3 is 19.5 Å². The van der Waals surface area contributed by atoms with Gasteiger partial charge in [0.25, 0.3) is 5.91 Å². The lowest BCUT2D eigenvalue weighted by Gasteiger charge is -2.23. The zero-order valence-electron chi connectivity index (χ0n) is 18.0. The van der Waals surface area contributed by atoms with Gasteiger partial charge in [-0.2, -0.15) is 0 Å². The molecule has 164 valence electrons. The Kier molecular flexibility index (Phi) is 5.67. The number of para-hydroxylation sites is 1. The van der Waals surface area contributed by atoms with Crippen molar-refractivity contribution in [3.63, 3.8) is 0 Å². The minimum atomic E-state index is -0.442. The number of rotatable bonds is 6. The number of fused-ring (bicyclic) bond motifs is 1. The Morgan fingerprint density at radius 1 is 0.969 bits per heavy atom. The SMILES string of the molecule is O=C(NCc1ccc(CN2CCc3ccccc32)cc1)[C@H]1CCCN1C(=O)c1ccco1. The van der Waals surface area contributed by atoms with Crippen molar-refractivity contribution in [2.45, 2.75) is 38.4 Å². The van der Waals surface area contributed by atoms with Gasteiger partial charge in [0, 0.05) is 31.9 Å². The molecule has 1 atom stereocenters. The smallest absolute Gasteiger partial charge is 0.290 e. The van der Waals surface area contributed by atoms with Crippen LogP contribution in [0.3, 0.4) is 0 Å². The summed E-state index contributed by atoms with van der Waals surface area (Å²) in [6.07, 6.45) is 4.07. The van der Waals surface area contributed by atoms with Gasteiger partial charge in [0.1, 0.15) is 6.04 Å². The predicted molar refractivity (Wildman–Crippen MR) is 122 cm³/mol. The van der Waals surface area contributed by atoms with Crippen molar-refractivity contribution in [2.75, 3.05) is 18.0 Å². The molecule has 0 radical (unpaired) electrons. The summed E-state index contributed by atoms with van der Waals surface area (Å²) in [6.45, 7) is 2.96. The zero-order chi connectivity index (χ0) is 21.9. The molecule has 1 fully saturated rings. The van der Waals surface area contributed by atoms with Crippen molar-refractivity contribution in [3.05, 3.63) is 89.4 Å². The van der Waals surface area contributed by atoms with Crippen molar-refractivity contribution >= 4 is 17.5 Å². The molecule has 0 spiro atoms. The van der Waals surface area contributed by atoms with Gasteiger partial charge >= 0.3 is 0 Å². The fraction of sp³-hybridized carbons (Fsp3) is 0.308. The van der Waals surface area contributed by atoms with Crippen LogP contribution in [0.5, 0.6) is 0 Å². The summed E-state index contributed by atoms with van der Waals surface area (Å²) in [5, 5.41) is 3.00. The molecule has 3 aromatic rings. The van der Waals surface area contributed by atoms with Gasteiger partial charge in [0.15, 0.2) is 5.76 Å². The Labute approximate surface area is 187 Å². The summed E-state index contributed by atoms with van der Waals surface area (Å²) >= 11 is 0. The van der Waals surface area contributed by atoms with Gasteiger partial charge in [-0.25, -0.2) is 0 Å². The molecule has 6 heteroatoms. The van der Waals surface area contributed by atoms with Crippen LogP contribution < -0.4 is 10.2 Å². The lowest BCUT2D eigenvalue weighted by atomic mass is 10.1. The summed E-state index contributed by atoms with van der Waals surface area (Å²) in [4.78, 5) is 29.4. The highest BCUT2D eigenvalue weighted by Crippen LogP contribution is 2.28. The van der Waals surface area contributed by atoms with E-state index in [1.807, 2.05) is 0 Å². The average Bonchev–Trinajstić information content (AvgIpc) is 3.59. The first kappa shape index (κ1) is 20.4. The van der Waals surface area contributed by atoms with Crippen molar-refractivity contribution in [2.24, 2.45) is 0 Å². The van der Waals surface area contributed by atoms with Gasteiger partial charge in [-0.3, -0.25) is 9.59 Å². The van der Waals surface area contributed by atoms with E-state index in [4.69, 9.17) is 4.42 Å². The Hall–Kier alpha value is -3.54. The molecular formula is C26H27N3O3. The Morgan fingerprint density at radius 2 is 1.78 bits per heavy atom. The summed E-state index contributed by atoms with van der Waals surface area (Å²) in [6, 6.07) is 19.9. The highest BCUT2D eigenvalue weighted by atomic mass is 16.3. The number of nitrogens with zero attached hydrogens (tertiary/aromatic N) is 2. The van der Waals surface area contributed by atoms with Crippen LogP contribution in [0.15, 0.2) is 71.3 Å². The highest BCUT2D eigenvalue weighted by Gasteiger charge is 2.35. The van der Waals surface area contributed by atoms with Gasteiger partial charge in [0.05, 0.1) is 6.26 Å². The molecule has 3 heterocycles. The monoisotopic (exact) mass is 429 g/mol. The van der Waals surface area contributed by atoms with E-state index in [1.54, 1.807) is 17.0 Å². The van der Waals surface area contributed by atoms with E-state index in [0.29, 0.717) is 19.5 Å². The molecule has 5 rings (SSSR count). The first-order chi connectivity index (χ1) is 15.7. The molecule has 6 nitrogen and oxygen atoms in total. The van der Waals surface area contributed by atoms with E-state index < -0.39 is 6.04 Å². The standard InChI is InChI=1S/C26H27N3O3/c30-25(23-7-3-14-29(23)26(31)24-8-4-16-32-24)27-17-19-9-11-20(12-10-19)18-28-15-13-21-5-1-2-6-22(21)28/h1-2,4-6,8-12,16,23H,3,7,13-15,17-18H2,(H,27,30)/t23-/m1/s1. The van der Waals surface area contributed by atoms with Crippen LogP contribution in [0, 0.1) is 0 Å². The second-order valence-corrected chi connectivity index (χ2v) is 8.47. The van der Waals surface area contributed by atoms with Gasteiger partial charge in [-0.05, 0) is 54.2 Å². The second kappa shape index (κ2) is 8.91. The van der Waals surface area contributed by atoms with Gasteiger partial charge in [-0.15, -0.1) is 0 Å². The maximum atomic E-state index is 12.8. The molecular weight excluding hydrogens is 402 g/mol. The fourth-order valence-corrected chi connectivity index (χ4v) is 4.68. The molecule has 0 aliphatic carbocycles. The number of furan rings is 1. The maximum Gasteiger partial charge on any atom is 0.290 e. The van der Waals surface area contributed by atoms with E-state index in [9.17, 15) is 9.59 Å². The topological polar surface area (TPSA) is 65.8 Å². The number of carbonyl (C=O) groups excluding carboxylic acids is 2. The van der Waals surface area contributed by atoms with Crippen molar-refractivity contribution in [1.82, 2.24) is 10.2 Å². The number of nitrogens with one attached hydrogen (secondary N) is 1. The van der Waals surface area contributed by atoms with Gasteiger partial charge in [0.2, 0.25) is 5.91 Å². The zero-order valence-corrected chi connectivity index (χ0v) is 18.0. The number of hydrogen-bond donors (Lipinski definition) is 1. The van der Waals surface area contributed by atoms with E-state index in [2.05, 4.69) is 58.7 Å². The molecule has 1 aromatic heterocycles. The summed E-state index contributed by atoms with van der Waals surface area (Å²) in [5.41, 5.74) is 5.04. The summed E-state index contributed by atoms with van der Waals surface area (Å²) in [5.74, 6) is -0.0541. The average molecular weight is 430 g/mol. The quantitative estimate of drug-likeness (QED) is 0.648. The summed E-state index contributed by atoms with van der Waals surface area (Å²) in [7, 11) is 0. The van der Waals surface area contributed by atoms with Crippen molar-refractivity contribution < 1.29 is 14.0 Å². The van der Waals surface area contributed by atoms with E-state index in [1.165, 1.54) is 23.1 Å². The minimum Gasteiger partial charge on any atom is -0.459 e. The third-order valence-electron chi connectivity index (χ3n) is 6.39. The fourth-order valence-electron chi connectivity index (χ4n) is 4.68. The Morgan fingerprint density at radius 3 is 2.59 bits per heavy atom. The molecule has 1 N–H and O–H groups in total. The number of benzene rings is 2. The molecule has 0 unspecified atom stereocenters. The number of likely N-dealkylation sites (tertiary alicyclic amines) is 1. The first-order valence-electron chi connectivity index (χ1n) is 11.2. The number of amides is 2. The predicted octanol–water partition coefficient (Wildman–Crippen LogP) is 3.76. The number of carbonyl (C=O) groups is 2. The lowest BCUT2D eigenvalue weighted by molar-refractivity contribution is -0.125. The van der Waals surface area contributed by atoms with E-state index in [0.717, 1.165) is 31.5 Å². The molecule has 0 bridgehead atoms. The van der Waals surface area contributed by atoms with Crippen LogP contribution in [0.1, 0.15) is 40.1 Å². The largest absolute Gasteiger partial charge is 0.459 e. The number of anilines is 1. The third-order valence-corrected chi connectivity index (χ3v) is 6.39. The van der Waals surface area contributed by atoms with Crippen LogP contribution in [-0.4, -0.2) is 35.8 Å². The molecule has 32 heavy (non-hydrogen) atoms. The first-order valence-corrected chi connectivity index (χ1v) is 11.2. The van der Waals surface area contributed by atoms with Gasteiger partial charge in [-0.1, -0.05) is 42.5 Å². The van der Waals surface area contributed by atoms with Crippen molar-refractivity contribution in [3.8, 4) is 0 Å². The van der Waals surface area contributed by atoms with E-state index >= 15 is 0 Å². The normalized spacial score (nSPS) is 17.4. The summed E-state index contributed by atoms with van der Waals surface area (Å²) < 4.78 is 5.22. The van der Waals surface area contributed by atoms with Crippen LogP contribution >= 0.6 is 0 Å². The lowest BCUT2D eigenvalue weighted by Crippen LogP contribution is -2.45. The molecule has 2 aliphatic heterocycles. The van der Waals surface area contributed by atoms with Crippen molar-refractivity contribution in [1.29, 1.82) is 0 Å². The van der Waals surface area contributed by atoms with Crippen LogP contribution in [0.25, 0.3) is 0 Å². The maximum absolute atomic E-state index is 12.8.